The maximum atomic E-state index is 6.37. The minimum Gasteiger partial charge on any atom is -0.456 e. The van der Waals surface area contributed by atoms with Crippen LogP contribution >= 0.6 is 0 Å². The quantitative estimate of drug-likeness (QED) is 0.127. The molecular formula is C64H63NO. The van der Waals surface area contributed by atoms with Crippen molar-refractivity contribution in [1.82, 2.24) is 0 Å². The van der Waals surface area contributed by atoms with Gasteiger partial charge in [-0.2, -0.15) is 0 Å². The van der Waals surface area contributed by atoms with Crippen LogP contribution in [0.3, 0.4) is 0 Å². The second-order valence-electron chi connectivity index (χ2n) is 17.3. The monoisotopic (exact) mass is 861 g/mol. The Morgan fingerprint density at radius 2 is 1.17 bits per heavy atom. The van der Waals surface area contributed by atoms with Crippen LogP contribution in [0.25, 0.3) is 72.0 Å². The van der Waals surface area contributed by atoms with Gasteiger partial charge in [-0.1, -0.05) is 194 Å². The third kappa shape index (κ3) is 8.22. The molecule has 1 aromatic heterocycles. The molecule has 0 saturated heterocycles. The summed E-state index contributed by atoms with van der Waals surface area (Å²) in [6.07, 6.45) is 4.88. The maximum absolute atomic E-state index is 6.37. The lowest BCUT2D eigenvalue weighted by Gasteiger charge is -2.31. The third-order valence-corrected chi connectivity index (χ3v) is 13.4. The fourth-order valence-electron chi connectivity index (χ4n) is 10.1. The van der Waals surface area contributed by atoms with Gasteiger partial charge in [0.25, 0.3) is 0 Å². The first-order valence-corrected chi connectivity index (χ1v) is 23.8. The fraction of sp³-hybridized carbons (Fsp3) is 0.188. The average Bonchev–Trinajstić information content (AvgIpc) is 3.85. The Hall–Kier alpha value is -7.16. The Bertz CT molecular complexity index is 3210. The van der Waals surface area contributed by atoms with Gasteiger partial charge in [-0.15, -0.1) is 0 Å². The van der Waals surface area contributed by atoms with Gasteiger partial charge in [0.1, 0.15) is 11.2 Å². The Balaban J connectivity index is 0.00000144. The summed E-state index contributed by atoms with van der Waals surface area (Å²) < 4.78 is 6.37. The summed E-state index contributed by atoms with van der Waals surface area (Å²) in [5.74, 6) is 0. The lowest BCUT2D eigenvalue weighted by molar-refractivity contribution is 0.660. The van der Waals surface area contributed by atoms with Crippen molar-refractivity contribution in [3.05, 3.63) is 222 Å². The zero-order valence-corrected chi connectivity index (χ0v) is 40.3. The number of benzene rings is 8. The number of hydrogen-bond acceptors (Lipinski definition) is 2. The number of aryl methyl sites for hydroxylation is 2. The van der Waals surface area contributed by atoms with Gasteiger partial charge in [-0.25, -0.2) is 0 Å². The smallest absolute Gasteiger partial charge is 0.136 e. The Morgan fingerprint density at radius 1 is 0.561 bits per heavy atom. The fourth-order valence-corrected chi connectivity index (χ4v) is 10.1. The molecule has 0 N–H and O–H groups in total. The molecule has 1 aliphatic carbocycles. The van der Waals surface area contributed by atoms with Crippen molar-refractivity contribution >= 4 is 38.9 Å². The van der Waals surface area contributed by atoms with Crippen LogP contribution in [0.4, 0.5) is 11.4 Å². The van der Waals surface area contributed by atoms with E-state index in [2.05, 4.69) is 216 Å². The van der Waals surface area contributed by atoms with Crippen LogP contribution in [0.5, 0.6) is 0 Å². The number of para-hydroxylation sites is 1. The lowest BCUT2D eigenvalue weighted by Crippen LogP contribution is -2.20. The van der Waals surface area contributed by atoms with E-state index in [0.717, 1.165) is 40.6 Å². The van der Waals surface area contributed by atoms with Crippen LogP contribution in [0.2, 0.25) is 0 Å². The minimum absolute atomic E-state index is 0.0222. The molecule has 1 heterocycles. The molecule has 0 aliphatic heterocycles. The van der Waals surface area contributed by atoms with Crippen LogP contribution in [0.15, 0.2) is 193 Å². The van der Waals surface area contributed by atoms with Gasteiger partial charge >= 0.3 is 0 Å². The number of allylic oxidation sites excluding steroid dienone is 2. The number of rotatable bonds is 10. The second-order valence-corrected chi connectivity index (χ2v) is 17.3. The number of furan rings is 1. The third-order valence-electron chi connectivity index (χ3n) is 13.4. The molecule has 0 atom stereocenters. The van der Waals surface area contributed by atoms with E-state index in [1.807, 2.05) is 39.8 Å². The van der Waals surface area contributed by atoms with Crippen molar-refractivity contribution in [3.8, 4) is 44.5 Å². The number of anilines is 2. The van der Waals surface area contributed by atoms with Crippen molar-refractivity contribution in [1.29, 1.82) is 0 Å². The van der Waals surface area contributed by atoms with E-state index >= 15 is 0 Å². The molecule has 0 spiro atoms. The summed E-state index contributed by atoms with van der Waals surface area (Å²) in [7, 11) is 0. The first-order valence-electron chi connectivity index (χ1n) is 23.8. The summed E-state index contributed by atoms with van der Waals surface area (Å²) in [6, 6.07) is 62.2. The van der Waals surface area contributed by atoms with E-state index in [1.165, 1.54) is 89.1 Å². The highest BCUT2D eigenvalue weighted by molar-refractivity contribution is 6.10. The van der Waals surface area contributed by atoms with Crippen molar-refractivity contribution in [2.45, 2.75) is 74.1 Å². The van der Waals surface area contributed by atoms with Crippen molar-refractivity contribution < 1.29 is 4.42 Å². The van der Waals surface area contributed by atoms with Gasteiger partial charge in [-0.05, 0) is 141 Å². The molecule has 2 nitrogen and oxygen atoms in total. The number of fused-ring (bicyclic) bond motifs is 6. The number of hydrogen-bond donors (Lipinski definition) is 0. The van der Waals surface area contributed by atoms with Crippen molar-refractivity contribution in [2.24, 2.45) is 0 Å². The van der Waals surface area contributed by atoms with Crippen LogP contribution in [-0.2, 0) is 5.41 Å². The van der Waals surface area contributed by atoms with E-state index in [1.54, 1.807) is 0 Å². The zero-order chi connectivity index (χ0) is 46.5. The van der Waals surface area contributed by atoms with Crippen LogP contribution in [-0.4, -0.2) is 6.54 Å². The van der Waals surface area contributed by atoms with E-state index in [0.29, 0.717) is 0 Å². The maximum Gasteiger partial charge on any atom is 0.136 e. The highest BCUT2D eigenvalue weighted by atomic mass is 16.3. The average molecular weight is 862 g/mol. The summed E-state index contributed by atoms with van der Waals surface area (Å²) in [4.78, 5) is 2.53. The Morgan fingerprint density at radius 3 is 1.88 bits per heavy atom. The summed E-state index contributed by atoms with van der Waals surface area (Å²) in [5, 5.41) is 2.27. The second kappa shape index (κ2) is 19.5. The van der Waals surface area contributed by atoms with Crippen molar-refractivity contribution in [2.75, 3.05) is 11.4 Å². The van der Waals surface area contributed by atoms with E-state index in [4.69, 9.17) is 4.42 Å². The van der Waals surface area contributed by atoms with Crippen molar-refractivity contribution in [3.63, 3.8) is 0 Å². The van der Waals surface area contributed by atoms with Gasteiger partial charge in [0.15, 0.2) is 0 Å². The molecule has 0 radical (unpaired) electrons. The summed E-state index contributed by atoms with van der Waals surface area (Å²) in [6.45, 7) is 24.3. The Kier molecular flexibility index (Phi) is 13.4. The first kappa shape index (κ1) is 45.4. The molecule has 8 aromatic carbocycles. The van der Waals surface area contributed by atoms with Gasteiger partial charge in [-0.3, -0.25) is 0 Å². The Labute approximate surface area is 393 Å². The molecule has 2 heteroatoms. The largest absolute Gasteiger partial charge is 0.456 e. The standard InChI is InChI=1S/C60H51NO.2C2H6/c1-7-17-43(49-24-16-27-57-59(49)51-23-13-15-26-56(51)62-57)36-37-61(55-35-33-48(46-20-10-8-18-39(46)2)41(4)58(55)47-21-11-9-19-40(47)3)45-31-28-42(29-32-45)44-30-34-54-52(38-44)50-22-12-14-25-53(50)60(54,5)6;2*1-2/h7-35,38H,1,36-37H2,2-6H3;2*1-2H3/b43-17+;;. The molecule has 9 aromatic rings. The van der Waals surface area contributed by atoms with E-state index in [-0.39, 0.29) is 5.41 Å². The molecule has 66 heavy (non-hydrogen) atoms. The van der Waals surface area contributed by atoms with Crippen LogP contribution < -0.4 is 4.90 Å². The highest BCUT2D eigenvalue weighted by Gasteiger charge is 2.35. The minimum atomic E-state index is -0.0222. The normalized spacial score (nSPS) is 12.4. The molecule has 10 rings (SSSR count). The molecular weight excluding hydrogens is 799 g/mol. The summed E-state index contributed by atoms with van der Waals surface area (Å²) >= 11 is 0. The predicted octanol–water partition coefficient (Wildman–Crippen LogP) is 18.7. The topological polar surface area (TPSA) is 16.4 Å². The molecule has 0 saturated carbocycles. The van der Waals surface area contributed by atoms with Gasteiger partial charge in [0, 0.05) is 39.7 Å². The van der Waals surface area contributed by atoms with Gasteiger partial charge < -0.3 is 9.32 Å². The SMILES string of the molecule is C=C/C=C(\CCN(c1ccc(-c2ccc3c(c2)-c2ccccc2C3(C)C)cc1)c1ccc(-c2ccccc2C)c(C)c1-c1ccccc1C)c1cccc2oc3ccccc3c12.CC.CC. The van der Waals surface area contributed by atoms with Gasteiger partial charge in [0.2, 0.25) is 0 Å². The van der Waals surface area contributed by atoms with E-state index < -0.39 is 0 Å². The van der Waals surface area contributed by atoms with Gasteiger partial charge in [0.05, 0.1) is 0 Å². The molecule has 0 unspecified atom stereocenters. The first-order chi connectivity index (χ1) is 32.2. The lowest BCUT2D eigenvalue weighted by atomic mass is 9.82. The summed E-state index contributed by atoms with van der Waals surface area (Å²) in [5.41, 5.74) is 23.2. The number of nitrogens with zero attached hydrogens (tertiary/aromatic N) is 1. The molecule has 0 bridgehead atoms. The molecule has 0 amide bonds. The highest BCUT2D eigenvalue weighted by Crippen LogP contribution is 2.50. The predicted molar refractivity (Wildman–Crippen MR) is 287 cm³/mol. The van der Waals surface area contributed by atoms with Crippen LogP contribution in [0, 0.1) is 20.8 Å². The zero-order valence-electron chi connectivity index (χ0n) is 40.3. The molecule has 1 aliphatic rings. The van der Waals surface area contributed by atoms with Crippen LogP contribution in [0.1, 0.15) is 81.3 Å². The van der Waals surface area contributed by atoms with E-state index in [9.17, 15) is 0 Å². The molecule has 330 valence electrons. The molecule has 0 fully saturated rings.